The van der Waals surface area contributed by atoms with Crippen LogP contribution in [0.2, 0.25) is 0 Å². The van der Waals surface area contributed by atoms with Crippen LogP contribution in [0, 0.1) is 5.82 Å². The Bertz CT molecular complexity index is 574. The van der Waals surface area contributed by atoms with Crippen LogP contribution in [0.25, 0.3) is 0 Å². The van der Waals surface area contributed by atoms with Crippen molar-refractivity contribution in [2.45, 2.75) is 19.4 Å². The highest BCUT2D eigenvalue weighted by Crippen LogP contribution is 2.30. The number of halogens is 2. The molecule has 0 aliphatic rings. The zero-order chi connectivity index (χ0) is 13.8. The smallest absolute Gasteiger partial charge is 0.147 e. The van der Waals surface area contributed by atoms with Gasteiger partial charge in [-0.1, -0.05) is 41.1 Å². The zero-order valence-electron chi connectivity index (χ0n) is 10.5. The summed E-state index contributed by atoms with van der Waals surface area (Å²) in [6.45, 7) is 1.99. The Kier molecular flexibility index (Phi) is 4.43. The first kappa shape index (κ1) is 13.9. The van der Waals surface area contributed by atoms with Crippen LogP contribution in [0.5, 0.6) is 5.75 Å². The topological polar surface area (TPSA) is 32.3 Å². The summed E-state index contributed by atoms with van der Waals surface area (Å²) in [4.78, 5) is 0. The Morgan fingerprint density at radius 2 is 2.00 bits per heavy atom. The van der Waals surface area contributed by atoms with Crippen molar-refractivity contribution >= 4 is 21.6 Å². The highest BCUT2D eigenvalue weighted by molar-refractivity contribution is 9.10. The highest BCUT2D eigenvalue weighted by atomic mass is 79.9. The zero-order valence-corrected chi connectivity index (χ0v) is 12.1. The number of benzene rings is 2. The molecule has 0 radical (unpaired) electrons. The van der Waals surface area contributed by atoms with E-state index in [1.54, 1.807) is 24.3 Å². The van der Waals surface area contributed by atoms with Crippen LogP contribution in [0.4, 0.5) is 10.1 Å². The summed E-state index contributed by atoms with van der Waals surface area (Å²) in [5.74, 6) is -0.0948. The Balaban J connectivity index is 2.27. The molecule has 0 fully saturated rings. The minimum Gasteiger partial charge on any atom is -0.508 e. The summed E-state index contributed by atoms with van der Waals surface area (Å²) in [5.41, 5.74) is 1.20. The molecule has 0 saturated heterocycles. The minimum absolute atomic E-state index is 0.128. The number of aromatic hydroxyl groups is 1. The van der Waals surface area contributed by atoms with Crippen molar-refractivity contribution in [3.05, 3.63) is 58.3 Å². The number of phenols is 1. The molecule has 0 spiro atoms. The Morgan fingerprint density at radius 1 is 1.26 bits per heavy atom. The van der Waals surface area contributed by atoms with Crippen LogP contribution in [0.3, 0.4) is 0 Å². The molecule has 100 valence electrons. The molecule has 0 bridgehead atoms. The molecule has 2 rings (SSSR count). The van der Waals surface area contributed by atoms with E-state index in [0.29, 0.717) is 10.2 Å². The van der Waals surface area contributed by atoms with Crippen LogP contribution >= 0.6 is 15.9 Å². The number of para-hydroxylation sites is 1. The molecule has 2 aromatic carbocycles. The van der Waals surface area contributed by atoms with Crippen molar-refractivity contribution in [3.63, 3.8) is 0 Å². The summed E-state index contributed by atoms with van der Waals surface area (Å²) in [6.07, 6.45) is 0.743. The van der Waals surface area contributed by atoms with Crippen molar-refractivity contribution < 1.29 is 9.50 Å². The van der Waals surface area contributed by atoms with Gasteiger partial charge in [-0.3, -0.25) is 0 Å². The normalized spacial score (nSPS) is 12.2. The number of anilines is 1. The van der Waals surface area contributed by atoms with Crippen molar-refractivity contribution in [1.29, 1.82) is 0 Å². The van der Waals surface area contributed by atoms with E-state index in [2.05, 4.69) is 21.2 Å². The second-order valence-electron chi connectivity index (χ2n) is 4.29. The lowest BCUT2D eigenvalue weighted by molar-refractivity contribution is 0.462. The summed E-state index contributed by atoms with van der Waals surface area (Å²) in [7, 11) is 0. The summed E-state index contributed by atoms with van der Waals surface area (Å²) < 4.78 is 14.5. The summed E-state index contributed by atoms with van der Waals surface area (Å²) >= 11 is 3.23. The maximum Gasteiger partial charge on any atom is 0.147 e. The molecule has 0 heterocycles. The third kappa shape index (κ3) is 3.26. The lowest BCUT2D eigenvalue weighted by Gasteiger charge is -2.20. The van der Waals surface area contributed by atoms with E-state index in [-0.39, 0.29) is 17.6 Å². The van der Waals surface area contributed by atoms with Crippen molar-refractivity contribution in [2.24, 2.45) is 0 Å². The maximum atomic E-state index is 13.8. The van der Waals surface area contributed by atoms with Gasteiger partial charge in [-0.15, -0.1) is 0 Å². The number of nitrogens with one attached hydrogen (secondary N) is 1. The maximum absolute atomic E-state index is 13.8. The fourth-order valence-corrected chi connectivity index (χ4v) is 2.31. The quantitative estimate of drug-likeness (QED) is 0.842. The molecule has 2 aromatic rings. The van der Waals surface area contributed by atoms with E-state index in [1.165, 1.54) is 6.07 Å². The third-order valence-electron chi connectivity index (χ3n) is 2.98. The first-order valence-electron chi connectivity index (χ1n) is 6.11. The van der Waals surface area contributed by atoms with Gasteiger partial charge in [0.2, 0.25) is 0 Å². The lowest BCUT2D eigenvalue weighted by atomic mass is 10.0. The average Bonchev–Trinajstić information content (AvgIpc) is 2.39. The molecule has 2 N–H and O–H groups in total. The molecular weight excluding hydrogens is 309 g/mol. The molecular formula is C15H15BrFNO. The second kappa shape index (κ2) is 6.06. The van der Waals surface area contributed by atoms with E-state index >= 15 is 0 Å². The van der Waals surface area contributed by atoms with Gasteiger partial charge >= 0.3 is 0 Å². The van der Waals surface area contributed by atoms with Gasteiger partial charge in [0.15, 0.2) is 0 Å². The summed E-state index contributed by atoms with van der Waals surface area (Å²) in [6, 6.07) is 11.9. The van der Waals surface area contributed by atoms with Crippen molar-refractivity contribution in [1.82, 2.24) is 0 Å². The van der Waals surface area contributed by atoms with Gasteiger partial charge in [-0.05, 0) is 30.7 Å². The fraction of sp³-hybridized carbons (Fsp3) is 0.200. The third-order valence-corrected chi connectivity index (χ3v) is 3.47. The molecule has 0 amide bonds. The van der Waals surface area contributed by atoms with Gasteiger partial charge in [-0.25, -0.2) is 4.39 Å². The Labute approximate surface area is 120 Å². The number of hydrogen-bond acceptors (Lipinski definition) is 2. The number of rotatable bonds is 4. The SMILES string of the molecule is CCC(Nc1ccc(Br)cc1F)c1ccccc1O. The first-order valence-corrected chi connectivity index (χ1v) is 6.90. The van der Waals surface area contributed by atoms with Crippen LogP contribution in [-0.2, 0) is 0 Å². The standard InChI is InChI=1S/C15H15BrFNO/c1-2-13(11-5-3-4-6-15(11)19)18-14-8-7-10(16)9-12(14)17/h3-9,13,18-19H,2H2,1H3. The Hall–Kier alpha value is -1.55. The van der Waals surface area contributed by atoms with Crippen LogP contribution in [0.1, 0.15) is 24.9 Å². The van der Waals surface area contributed by atoms with Gasteiger partial charge in [0.25, 0.3) is 0 Å². The van der Waals surface area contributed by atoms with Crippen LogP contribution < -0.4 is 5.32 Å². The monoisotopic (exact) mass is 323 g/mol. The lowest BCUT2D eigenvalue weighted by Crippen LogP contribution is -2.11. The molecule has 2 nitrogen and oxygen atoms in total. The van der Waals surface area contributed by atoms with Gasteiger partial charge in [0, 0.05) is 10.0 Å². The van der Waals surface area contributed by atoms with E-state index < -0.39 is 0 Å². The highest BCUT2D eigenvalue weighted by Gasteiger charge is 2.14. The number of hydrogen-bond donors (Lipinski definition) is 2. The molecule has 0 aliphatic carbocycles. The molecule has 0 aliphatic heterocycles. The predicted molar refractivity (Wildman–Crippen MR) is 78.9 cm³/mol. The minimum atomic E-state index is -0.316. The van der Waals surface area contributed by atoms with Crippen LogP contribution in [-0.4, -0.2) is 5.11 Å². The predicted octanol–water partition coefficient (Wildman–Crippen LogP) is 4.86. The molecule has 1 unspecified atom stereocenters. The van der Waals surface area contributed by atoms with E-state index in [0.717, 1.165) is 12.0 Å². The van der Waals surface area contributed by atoms with E-state index in [1.807, 2.05) is 19.1 Å². The molecule has 0 aromatic heterocycles. The molecule has 4 heteroatoms. The van der Waals surface area contributed by atoms with Gasteiger partial charge in [0.05, 0.1) is 11.7 Å². The number of phenolic OH excluding ortho intramolecular Hbond substituents is 1. The van der Waals surface area contributed by atoms with Gasteiger partial charge < -0.3 is 10.4 Å². The van der Waals surface area contributed by atoms with E-state index in [4.69, 9.17) is 0 Å². The largest absolute Gasteiger partial charge is 0.508 e. The Morgan fingerprint density at radius 3 is 2.63 bits per heavy atom. The first-order chi connectivity index (χ1) is 9.11. The van der Waals surface area contributed by atoms with Crippen molar-refractivity contribution in [3.8, 4) is 5.75 Å². The molecule has 1 atom stereocenters. The van der Waals surface area contributed by atoms with Crippen LogP contribution in [0.15, 0.2) is 46.9 Å². The fourth-order valence-electron chi connectivity index (χ4n) is 1.98. The van der Waals surface area contributed by atoms with Gasteiger partial charge in [0.1, 0.15) is 11.6 Å². The molecule has 0 saturated carbocycles. The summed E-state index contributed by atoms with van der Waals surface area (Å²) in [5, 5.41) is 13.0. The van der Waals surface area contributed by atoms with Crippen molar-refractivity contribution in [2.75, 3.05) is 5.32 Å². The van der Waals surface area contributed by atoms with E-state index in [9.17, 15) is 9.50 Å². The average molecular weight is 324 g/mol. The van der Waals surface area contributed by atoms with Gasteiger partial charge in [-0.2, -0.15) is 0 Å². The molecule has 19 heavy (non-hydrogen) atoms. The second-order valence-corrected chi connectivity index (χ2v) is 5.20.